The molecule has 2 aromatic carbocycles. The van der Waals surface area contributed by atoms with E-state index in [-0.39, 0.29) is 33.3 Å². The zero-order valence-corrected chi connectivity index (χ0v) is 19.6. The van der Waals surface area contributed by atoms with Crippen molar-refractivity contribution in [3.05, 3.63) is 70.4 Å². The highest BCUT2D eigenvalue weighted by molar-refractivity contribution is 7.89. The Bertz CT molecular complexity index is 1300. The first kappa shape index (κ1) is 26.1. The monoisotopic (exact) mass is 524 g/mol. The number of carbonyl (C=O) groups is 1. The number of nitrogens with one attached hydrogen (secondary N) is 2. The van der Waals surface area contributed by atoms with Crippen LogP contribution in [0.25, 0.3) is 0 Å². The molecule has 0 unspecified atom stereocenters. The van der Waals surface area contributed by atoms with Gasteiger partial charge in [-0.2, -0.15) is 18.4 Å². The third-order valence-electron chi connectivity index (χ3n) is 4.50. The Balaban J connectivity index is 2.05. The number of rotatable bonds is 7. The molecule has 13 heteroatoms. The minimum absolute atomic E-state index is 0.0355. The first-order valence-corrected chi connectivity index (χ1v) is 11.1. The minimum atomic E-state index is -4.82. The lowest BCUT2D eigenvalue weighted by Crippen LogP contribution is -2.20. The van der Waals surface area contributed by atoms with E-state index >= 15 is 0 Å². The number of benzene rings is 2. The van der Waals surface area contributed by atoms with Gasteiger partial charge in [-0.3, -0.25) is 4.79 Å². The molecule has 8 nitrogen and oxygen atoms in total. The lowest BCUT2D eigenvalue weighted by molar-refractivity contribution is -0.137. The van der Waals surface area contributed by atoms with Crippen LogP contribution < -0.4 is 19.5 Å². The smallest absolute Gasteiger partial charge is 0.417 e. The number of halogens is 4. The van der Waals surface area contributed by atoms with E-state index < -0.39 is 39.8 Å². The number of methoxy groups -OCH3 is 1. The predicted molar refractivity (Wildman–Crippen MR) is 122 cm³/mol. The maximum atomic E-state index is 13.5. The molecule has 1 aromatic heterocycles. The number of hydrogen-bond acceptors (Lipinski definition) is 7. The van der Waals surface area contributed by atoms with E-state index in [0.29, 0.717) is 6.07 Å². The van der Waals surface area contributed by atoms with E-state index in [4.69, 9.17) is 26.3 Å². The van der Waals surface area contributed by atoms with Gasteiger partial charge in [0.1, 0.15) is 5.75 Å². The molecule has 0 spiro atoms. The second-order valence-corrected chi connectivity index (χ2v) is 8.49. The second-order valence-electron chi connectivity index (χ2n) is 6.72. The Labute approximate surface area is 206 Å². The standard InChI is InChI=1S/C22H16ClF3N4O4S/c1-28-35(32)20-8-13(5-6-29-20)30-21(31)14-9-16(23)15(22(24,25)26)10-18(14)34-17-4-3-12(11-27)7-19(17)33-2/h3-10,28H,1-2H3,(H,29,30,31)/t35-/m1/s1. The summed E-state index contributed by atoms with van der Waals surface area (Å²) in [7, 11) is 2.74. The summed E-state index contributed by atoms with van der Waals surface area (Å²) in [6, 6.07) is 10.1. The molecule has 0 fully saturated rings. The molecule has 0 aliphatic heterocycles. The predicted octanol–water partition coefficient (Wildman–Crippen LogP) is 4.92. The molecule has 0 aliphatic rings. The van der Waals surface area contributed by atoms with Gasteiger partial charge in [-0.25, -0.2) is 4.98 Å². The van der Waals surface area contributed by atoms with Gasteiger partial charge in [-0.15, -0.1) is 4.72 Å². The lowest BCUT2D eigenvalue weighted by atomic mass is 10.1. The Morgan fingerprint density at radius 2 is 1.91 bits per heavy atom. The van der Waals surface area contributed by atoms with Gasteiger partial charge in [-0.05, 0) is 30.3 Å². The summed E-state index contributed by atoms with van der Waals surface area (Å²) in [5.41, 5.74) is -1.12. The minimum Gasteiger partial charge on any atom is -0.592 e. The highest BCUT2D eigenvalue weighted by Gasteiger charge is 2.35. The van der Waals surface area contributed by atoms with Crippen molar-refractivity contribution >= 4 is 34.6 Å². The van der Waals surface area contributed by atoms with E-state index in [0.717, 1.165) is 6.07 Å². The Kier molecular flexibility index (Phi) is 8.08. The molecule has 0 radical (unpaired) electrons. The average molecular weight is 525 g/mol. The molecule has 182 valence electrons. The molecule has 3 aromatic rings. The van der Waals surface area contributed by atoms with Gasteiger partial charge in [0.15, 0.2) is 11.5 Å². The van der Waals surface area contributed by atoms with Gasteiger partial charge in [0.2, 0.25) is 0 Å². The van der Waals surface area contributed by atoms with E-state index in [1.165, 1.54) is 50.7 Å². The number of nitriles is 1. The van der Waals surface area contributed by atoms with Crippen molar-refractivity contribution in [2.24, 2.45) is 0 Å². The number of amides is 1. The number of anilines is 1. The van der Waals surface area contributed by atoms with E-state index in [9.17, 15) is 22.5 Å². The third-order valence-corrected chi connectivity index (χ3v) is 5.79. The maximum absolute atomic E-state index is 13.5. The number of carbonyl (C=O) groups excluding carboxylic acids is 1. The van der Waals surface area contributed by atoms with Crippen LogP contribution in [-0.2, 0) is 17.5 Å². The molecule has 1 atom stereocenters. The topological polar surface area (TPSA) is 119 Å². The lowest BCUT2D eigenvalue weighted by Gasteiger charge is -2.17. The molecule has 1 heterocycles. The zero-order valence-electron chi connectivity index (χ0n) is 18.1. The summed E-state index contributed by atoms with van der Waals surface area (Å²) < 4.78 is 65.7. The molecule has 0 aliphatic carbocycles. The SMILES string of the molecule is CN[S@+]([O-])c1cc(NC(=O)c2cc(Cl)c(C(F)(F)F)cc2Oc2ccc(C#N)cc2OC)ccn1. The molecule has 3 rings (SSSR count). The Morgan fingerprint density at radius 3 is 2.54 bits per heavy atom. The first-order valence-electron chi connectivity index (χ1n) is 9.60. The van der Waals surface area contributed by atoms with Gasteiger partial charge in [0.25, 0.3) is 10.9 Å². The van der Waals surface area contributed by atoms with Crippen LogP contribution in [0.1, 0.15) is 21.5 Å². The fraction of sp³-hybridized carbons (Fsp3) is 0.136. The van der Waals surface area contributed by atoms with Crippen LogP contribution in [0.3, 0.4) is 0 Å². The summed E-state index contributed by atoms with van der Waals surface area (Å²) >= 11 is 4.21. The van der Waals surface area contributed by atoms with Crippen LogP contribution in [-0.4, -0.2) is 29.6 Å². The van der Waals surface area contributed by atoms with Gasteiger partial charge in [0, 0.05) is 31.1 Å². The van der Waals surface area contributed by atoms with Crippen LogP contribution in [0.4, 0.5) is 18.9 Å². The molecule has 0 saturated carbocycles. The van der Waals surface area contributed by atoms with Crippen LogP contribution in [0.15, 0.2) is 53.7 Å². The molecular formula is C22H16ClF3N4O4S. The Morgan fingerprint density at radius 1 is 1.17 bits per heavy atom. The van der Waals surface area contributed by atoms with Crippen LogP contribution in [0.5, 0.6) is 17.2 Å². The molecule has 2 N–H and O–H groups in total. The van der Waals surface area contributed by atoms with Crippen molar-refractivity contribution in [1.29, 1.82) is 5.26 Å². The number of ether oxygens (including phenoxy) is 2. The van der Waals surface area contributed by atoms with Gasteiger partial charge >= 0.3 is 6.18 Å². The van der Waals surface area contributed by atoms with Crippen molar-refractivity contribution < 1.29 is 32.0 Å². The number of nitrogens with zero attached hydrogens (tertiary/aromatic N) is 2. The van der Waals surface area contributed by atoms with Crippen LogP contribution in [0.2, 0.25) is 5.02 Å². The summed E-state index contributed by atoms with van der Waals surface area (Å²) in [6.07, 6.45) is -3.52. The largest absolute Gasteiger partial charge is 0.592 e. The molecule has 35 heavy (non-hydrogen) atoms. The van der Waals surface area contributed by atoms with E-state index in [2.05, 4.69) is 15.0 Å². The molecular weight excluding hydrogens is 509 g/mol. The van der Waals surface area contributed by atoms with E-state index in [1.54, 1.807) is 0 Å². The van der Waals surface area contributed by atoms with Gasteiger partial charge in [0.05, 0.1) is 46.3 Å². The van der Waals surface area contributed by atoms with Gasteiger partial charge in [-0.1, -0.05) is 11.6 Å². The van der Waals surface area contributed by atoms with Crippen LogP contribution in [0, 0.1) is 11.3 Å². The summed E-state index contributed by atoms with van der Waals surface area (Å²) in [5.74, 6) is -1.29. The van der Waals surface area contributed by atoms with Crippen molar-refractivity contribution in [2.75, 3.05) is 19.5 Å². The number of pyridine rings is 1. The Hall–Kier alpha value is -3.50. The summed E-state index contributed by atoms with van der Waals surface area (Å²) in [4.78, 5) is 17.0. The van der Waals surface area contributed by atoms with Crippen molar-refractivity contribution in [3.63, 3.8) is 0 Å². The molecule has 0 bridgehead atoms. The average Bonchev–Trinajstić information content (AvgIpc) is 2.83. The maximum Gasteiger partial charge on any atom is 0.417 e. The number of alkyl halides is 3. The van der Waals surface area contributed by atoms with Crippen LogP contribution >= 0.6 is 11.6 Å². The third kappa shape index (κ3) is 6.14. The normalized spacial score (nSPS) is 11.9. The summed E-state index contributed by atoms with van der Waals surface area (Å²) in [5, 5.41) is 11.0. The number of aromatic nitrogens is 1. The molecule has 0 saturated heterocycles. The van der Waals surface area contributed by atoms with Crippen molar-refractivity contribution in [3.8, 4) is 23.3 Å². The first-order chi connectivity index (χ1) is 16.6. The molecule has 1 amide bonds. The second kappa shape index (κ2) is 10.8. The van der Waals surface area contributed by atoms with Crippen molar-refractivity contribution in [2.45, 2.75) is 11.2 Å². The summed E-state index contributed by atoms with van der Waals surface area (Å²) in [6.45, 7) is 0. The zero-order chi connectivity index (χ0) is 25.8. The highest BCUT2D eigenvalue weighted by atomic mass is 35.5. The van der Waals surface area contributed by atoms with Crippen molar-refractivity contribution in [1.82, 2.24) is 9.71 Å². The fourth-order valence-electron chi connectivity index (χ4n) is 2.86. The highest BCUT2D eigenvalue weighted by Crippen LogP contribution is 2.41. The van der Waals surface area contributed by atoms with E-state index in [1.807, 2.05) is 6.07 Å². The number of hydrogen-bond donors (Lipinski definition) is 2. The quantitative estimate of drug-likeness (QED) is 0.421. The van der Waals surface area contributed by atoms with Gasteiger partial charge < -0.3 is 19.3 Å². The fourth-order valence-corrected chi connectivity index (χ4v) is 3.73.